The van der Waals surface area contributed by atoms with Gasteiger partial charge >= 0.3 is 0 Å². The van der Waals surface area contributed by atoms with Gasteiger partial charge in [-0.3, -0.25) is 0 Å². The summed E-state index contributed by atoms with van der Waals surface area (Å²) in [5.41, 5.74) is 1.35. The van der Waals surface area contributed by atoms with Gasteiger partial charge < -0.3 is 0 Å². The van der Waals surface area contributed by atoms with Gasteiger partial charge in [-0.15, -0.1) is 0 Å². The lowest BCUT2D eigenvalue weighted by atomic mass is 9.99. The Labute approximate surface area is 89.0 Å². The van der Waals surface area contributed by atoms with Crippen LogP contribution in [0.25, 0.3) is 0 Å². The molecule has 0 aromatic carbocycles. The van der Waals surface area contributed by atoms with Gasteiger partial charge in [-0.25, -0.2) is 9.38 Å². The molecule has 3 heteroatoms. The zero-order valence-electron chi connectivity index (χ0n) is 8.15. The molecule has 1 aromatic rings. The highest BCUT2D eigenvalue weighted by Crippen LogP contribution is 2.21. The molecular formula is C11H14N2S. The summed E-state index contributed by atoms with van der Waals surface area (Å²) in [4.78, 5) is 4.22. The van der Waals surface area contributed by atoms with Crippen LogP contribution in [0.4, 0.5) is 0 Å². The van der Waals surface area contributed by atoms with Crippen molar-refractivity contribution in [1.29, 1.82) is 0 Å². The molecule has 14 heavy (non-hydrogen) atoms. The summed E-state index contributed by atoms with van der Waals surface area (Å²) < 4.78 is 4.52. The second-order valence-electron chi connectivity index (χ2n) is 3.48. The molecule has 0 radical (unpaired) electrons. The maximum absolute atomic E-state index is 4.52. The van der Waals surface area contributed by atoms with Gasteiger partial charge in [0.2, 0.25) is 0 Å². The predicted molar refractivity (Wildman–Crippen MR) is 60.6 cm³/mol. The maximum Gasteiger partial charge on any atom is 0.119 e. The Hall–Kier alpha value is -0.830. The summed E-state index contributed by atoms with van der Waals surface area (Å²) in [6.07, 6.45) is 8.15. The van der Waals surface area contributed by atoms with Crippen LogP contribution in [0.3, 0.4) is 0 Å². The Kier molecular flexibility index (Phi) is 3.57. The van der Waals surface area contributed by atoms with Crippen molar-refractivity contribution in [3.05, 3.63) is 24.4 Å². The van der Waals surface area contributed by atoms with E-state index in [1.807, 2.05) is 24.4 Å². The smallest absolute Gasteiger partial charge is 0.119 e. The molecule has 0 aliphatic heterocycles. The van der Waals surface area contributed by atoms with Gasteiger partial charge in [-0.2, -0.15) is 0 Å². The van der Waals surface area contributed by atoms with Crippen molar-refractivity contribution in [2.24, 2.45) is 4.40 Å². The van der Waals surface area contributed by atoms with Gasteiger partial charge in [0.15, 0.2) is 0 Å². The summed E-state index contributed by atoms with van der Waals surface area (Å²) >= 11 is 1.50. The van der Waals surface area contributed by atoms with E-state index in [-0.39, 0.29) is 0 Å². The molecule has 0 spiro atoms. The summed E-state index contributed by atoms with van der Waals surface area (Å²) in [7, 11) is 0. The van der Waals surface area contributed by atoms with Crippen molar-refractivity contribution in [1.82, 2.24) is 4.98 Å². The molecule has 0 amide bonds. The van der Waals surface area contributed by atoms with Crippen LogP contribution in [0.2, 0.25) is 0 Å². The standard InChI is InChI=1S/C11H14N2S/c1-2-6-10(7-3-1)13-14-11-8-4-5-9-12-11/h4-5,8-9H,1-3,6-7H2. The number of nitrogens with zero attached hydrogens (tertiary/aromatic N) is 2. The average Bonchev–Trinajstić information content (AvgIpc) is 2.29. The van der Waals surface area contributed by atoms with Crippen molar-refractivity contribution < 1.29 is 0 Å². The first-order chi connectivity index (χ1) is 6.95. The zero-order chi connectivity index (χ0) is 9.64. The van der Waals surface area contributed by atoms with E-state index in [9.17, 15) is 0 Å². The second-order valence-corrected chi connectivity index (χ2v) is 4.26. The van der Waals surface area contributed by atoms with Crippen LogP contribution in [0, 0.1) is 0 Å². The molecule has 1 aliphatic rings. The van der Waals surface area contributed by atoms with Crippen molar-refractivity contribution in [3.8, 4) is 0 Å². The molecule has 1 heterocycles. The Morgan fingerprint density at radius 2 is 2.00 bits per heavy atom. The van der Waals surface area contributed by atoms with E-state index < -0.39 is 0 Å². The van der Waals surface area contributed by atoms with E-state index in [2.05, 4.69) is 9.38 Å². The highest BCUT2D eigenvalue weighted by Gasteiger charge is 2.06. The van der Waals surface area contributed by atoms with Gasteiger partial charge in [0.05, 0.1) is 0 Å². The molecule has 1 aromatic heterocycles. The summed E-state index contributed by atoms with van der Waals surface area (Å²) in [6.45, 7) is 0. The molecule has 2 nitrogen and oxygen atoms in total. The first kappa shape index (κ1) is 9.71. The molecule has 74 valence electrons. The van der Waals surface area contributed by atoms with Crippen LogP contribution in [0.1, 0.15) is 32.1 Å². The number of hydrogen-bond acceptors (Lipinski definition) is 3. The van der Waals surface area contributed by atoms with Crippen LogP contribution in [-0.2, 0) is 0 Å². The van der Waals surface area contributed by atoms with Gasteiger partial charge in [0.25, 0.3) is 0 Å². The van der Waals surface area contributed by atoms with E-state index in [1.54, 1.807) is 0 Å². The first-order valence-corrected chi connectivity index (χ1v) is 5.86. The number of hydrogen-bond donors (Lipinski definition) is 0. The minimum absolute atomic E-state index is 0.991. The molecule has 0 saturated heterocycles. The third-order valence-electron chi connectivity index (χ3n) is 2.34. The van der Waals surface area contributed by atoms with E-state index in [1.165, 1.54) is 49.8 Å². The van der Waals surface area contributed by atoms with Crippen LogP contribution >= 0.6 is 11.9 Å². The topological polar surface area (TPSA) is 25.2 Å². The van der Waals surface area contributed by atoms with E-state index in [0.29, 0.717) is 0 Å². The molecule has 0 N–H and O–H groups in total. The van der Waals surface area contributed by atoms with E-state index in [0.717, 1.165) is 5.03 Å². The fourth-order valence-electron chi connectivity index (χ4n) is 1.56. The SMILES string of the molecule is c1ccc(SN=C2CCCCC2)nc1. The minimum atomic E-state index is 0.991. The average molecular weight is 206 g/mol. The third-order valence-corrected chi connectivity index (χ3v) is 3.11. The molecule has 0 bridgehead atoms. The molecule has 1 saturated carbocycles. The molecule has 1 fully saturated rings. The predicted octanol–water partition coefficient (Wildman–Crippen LogP) is 3.49. The minimum Gasteiger partial charge on any atom is -0.248 e. The summed E-state index contributed by atoms with van der Waals surface area (Å²) in [5.74, 6) is 0. The Morgan fingerprint density at radius 3 is 2.71 bits per heavy atom. The molecule has 0 unspecified atom stereocenters. The van der Waals surface area contributed by atoms with Crippen LogP contribution in [-0.4, -0.2) is 10.7 Å². The van der Waals surface area contributed by atoms with Crippen LogP contribution in [0.5, 0.6) is 0 Å². The highest BCUT2D eigenvalue weighted by molar-refractivity contribution is 7.98. The number of rotatable bonds is 2. The largest absolute Gasteiger partial charge is 0.248 e. The molecule has 2 rings (SSSR count). The lowest BCUT2D eigenvalue weighted by Gasteiger charge is -2.11. The molecular weight excluding hydrogens is 192 g/mol. The summed E-state index contributed by atoms with van der Waals surface area (Å²) in [5, 5.41) is 0.991. The zero-order valence-corrected chi connectivity index (χ0v) is 8.96. The monoisotopic (exact) mass is 206 g/mol. The Bertz CT molecular complexity index is 300. The van der Waals surface area contributed by atoms with Gasteiger partial charge in [0, 0.05) is 23.9 Å². The van der Waals surface area contributed by atoms with Crippen molar-refractivity contribution in [2.45, 2.75) is 37.1 Å². The van der Waals surface area contributed by atoms with Crippen molar-refractivity contribution >= 4 is 17.7 Å². The molecule has 1 aliphatic carbocycles. The Balaban J connectivity index is 1.92. The lowest BCUT2D eigenvalue weighted by Crippen LogP contribution is -2.03. The Morgan fingerprint density at radius 1 is 1.14 bits per heavy atom. The fourth-order valence-corrected chi connectivity index (χ4v) is 2.22. The van der Waals surface area contributed by atoms with Crippen LogP contribution < -0.4 is 0 Å². The molecule has 0 atom stereocenters. The van der Waals surface area contributed by atoms with E-state index in [4.69, 9.17) is 0 Å². The number of pyridine rings is 1. The second kappa shape index (κ2) is 5.15. The highest BCUT2D eigenvalue weighted by atomic mass is 32.2. The first-order valence-electron chi connectivity index (χ1n) is 5.09. The van der Waals surface area contributed by atoms with Gasteiger partial charge in [-0.05, 0) is 37.8 Å². The normalized spacial score (nSPS) is 16.7. The quantitative estimate of drug-likeness (QED) is 0.692. The lowest BCUT2D eigenvalue weighted by molar-refractivity contribution is 0.668. The summed E-state index contributed by atoms with van der Waals surface area (Å²) in [6, 6.07) is 5.92. The van der Waals surface area contributed by atoms with Crippen LogP contribution in [0.15, 0.2) is 33.8 Å². The maximum atomic E-state index is 4.52. The van der Waals surface area contributed by atoms with Gasteiger partial charge in [0.1, 0.15) is 5.03 Å². The third kappa shape index (κ3) is 2.84. The fraction of sp³-hybridized carbons (Fsp3) is 0.455. The van der Waals surface area contributed by atoms with Crippen molar-refractivity contribution in [3.63, 3.8) is 0 Å². The number of aromatic nitrogens is 1. The van der Waals surface area contributed by atoms with Gasteiger partial charge in [-0.1, -0.05) is 12.5 Å². The van der Waals surface area contributed by atoms with E-state index >= 15 is 0 Å². The van der Waals surface area contributed by atoms with Crippen molar-refractivity contribution in [2.75, 3.05) is 0 Å².